The van der Waals surface area contributed by atoms with E-state index in [2.05, 4.69) is 17.4 Å². The van der Waals surface area contributed by atoms with Gasteiger partial charge in [-0.2, -0.15) is 0 Å². The van der Waals surface area contributed by atoms with Gasteiger partial charge in [0.05, 0.1) is 7.11 Å². The lowest BCUT2D eigenvalue weighted by atomic mass is 9.89. The molecule has 0 bridgehead atoms. The van der Waals surface area contributed by atoms with E-state index in [-0.39, 0.29) is 0 Å². The Hall–Kier alpha value is -1.02. The van der Waals surface area contributed by atoms with Crippen molar-refractivity contribution in [3.8, 4) is 5.75 Å². The number of ether oxygens (including phenoxy) is 1. The summed E-state index contributed by atoms with van der Waals surface area (Å²) in [6.07, 6.45) is 7.54. The van der Waals surface area contributed by atoms with Crippen molar-refractivity contribution in [2.75, 3.05) is 20.2 Å². The molecule has 0 aromatic heterocycles. The number of piperidine rings is 1. The van der Waals surface area contributed by atoms with E-state index in [1.54, 1.807) is 0 Å². The molecule has 0 atom stereocenters. The summed E-state index contributed by atoms with van der Waals surface area (Å²) in [5.41, 5.74) is 4.44. The molecule has 0 saturated carbocycles. The van der Waals surface area contributed by atoms with Gasteiger partial charge < -0.3 is 10.1 Å². The third-order valence-electron chi connectivity index (χ3n) is 4.48. The predicted molar refractivity (Wildman–Crippen MR) is 74.3 cm³/mol. The van der Waals surface area contributed by atoms with Gasteiger partial charge >= 0.3 is 0 Å². The van der Waals surface area contributed by atoms with Crippen molar-refractivity contribution in [2.45, 2.75) is 38.5 Å². The van der Waals surface area contributed by atoms with Crippen LogP contribution in [0, 0.1) is 5.92 Å². The molecule has 2 nitrogen and oxygen atoms in total. The molecule has 2 heteroatoms. The molecule has 3 rings (SSSR count). The van der Waals surface area contributed by atoms with Gasteiger partial charge in [0.15, 0.2) is 0 Å². The fraction of sp³-hybridized carbons (Fsp3) is 0.625. The van der Waals surface area contributed by atoms with Gasteiger partial charge in [0.1, 0.15) is 5.75 Å². The quantitative estimate of drug-likeness (QED) is 0.884. The lowest BCUT2D eigenvalue weighted by Gasteiger charge is -2.24. The average Bonchev–Trinajstić information content (AvgIpc) is 2.88. The van der Waals surface area contributed by atoms with E-state index >= 15 is 0 Å². The highest BCUT2D eigenvalue weighted by atomic mass is 16.5. The third-order valence-corrected chi connectivity index (χ3v) is 4.48. The highest BCUT2D eigenvalue weighted by molar-refractivity contribution is 5.49. The molecule has 0 unspecified atom stereocenters. The van der Waals surface area contributed by atoms with Crippen LogP contribution in [-0.4, -0.2) is 20.2 Å². The van der Waals surface area contributed by atoms with E-state index in [1.165, 1.54) is 74.1 Å². The van der Waals surface area contributed by atoms with E-state index in [4.69, 9.17) is 4.74 Å². The molecule has 0 amide bonds. The number of hydrogen-bond acceptors (Lipinski definition) is 2. The van der Waals surface area contributed by atoms with Crippen molar-refractivity contribution in [3.05, 3.63) is 28.8 Å². The maximum absolute atomic E-state index is 5.71. The first-order valence-electron chi connectivity index (χ1n) is 7.27. The van der Waals surface area contributed by atoms with Crippen LogP contribution >= 0.6 is 0 Å². The average molecular weight is 245 g/mol. The zero-order valence-electron chi connectivity index (χ0n) is 11.3. The maximum atomic E-state index is 5.71. The van der Waals surface area contributed by atoms with Crippen molar-refractivity contribution in [1.82, 2.24) is 5.32 Å². The van der Waals surface area contributed by atoms with E-state index in [0.29, 0.717) is 0 Å². The molecule has 1 aromatic carbocycles. The first kappa shape index (κ1) is 12.0. The smallest absolute Gasteiger partial charge is 0.125 e. The van der Waals surface area contributed by atoms with Gasteiger partial charge in [-0.05, 0) is 74.2 Å². The van der Waals surface area contributed by atoms with E-state index in [1.807, 2.05) is 7.11 Å². The zero-order valence-corrected chi connectivity index (χ0v) is 11.3. The molecular weight excluding hydrogens is 222 g/mol. The summed E-state index contributed by atoms with van der Waals surface area (Å²) in [4.78, 5) is 0. The van der Waals surface area contributed by atoms with E-state index < -0.39 is 0 Å². The van der Waals surface area contributed by atoms with E-state index in [0.717, 1.165) is 5.92 Å². The fourth-order valence-corrected chi connectivity index (χ4v) is 3.49. The molecular formula is C16H23NO. The lowest BCUT2D eigenvalue weighted by molar-refractivity contribution is 0.360. The number of fused-ring (bicyclic) bond motifs is 1. The number of nitrogens with one attached hydrogen (secondary N) is 1. The van der Waals surface area contributed by atoms with Gasteiger partial charge in [-0.25, -0.2) is 0 Å². The Labute approximate surface area is 110 Å². The largest absolute Gasteiger partial charge is 0.496 e. The molecule has 1 saturated heterocycles. The minimum atomic E-state index is 0.833. The van der Waals surface area contributed by atoms with Gasteiger partial charge in [0.2, 0.25) is 0 Å². The van der Waals surface area contributed by atoms with Crippen molar-refractivity contribution >= 4 is 0 Å². The van der Waals surface area contributed by atoms with Crippen LogP contribution in [0.3, 0.4) is 0 Å². The number of rotatable bonds is 3. The maximum Gasteiger partial charge on any atom is 0.125 e. The second-order valence-electron chi connectivity index (χ2n) is 5.65. The third kappa shape index (κ3) is 2.26. The normalized spacial score (nSPS) is 19.8. The molecule has 1 aliphatic heterocycles. The SMILES string of the molecule is COc1c(CC2CCNCC2)ccc2c1CCC2. The summed E-state index contributed by atoms with van der Waals surface area (Å²) in [6, 6.07) is 4.65. The van der Waals surface area contributed by atoms with Crippen LogP contribution < -0.4 is 10.1 Å². The van der Waals surface area contributed by atoms with Crippen molar-refractivity contribution in [1.29, 1.82) is 0 Å². The minimum Gasteiger partial charge on any atom is -0.496 e. The van der Waals surface area contributed by atoms with Crippen LogP contribution in [-0.2, 0) is 19.3 Å². The van der Waals surface area contributed by atoms with E-state index in [9.17, 15) is 0 Å². The number of hydrogen-bond donors (Lipinski definition) is 1. The first-order chi connectivity index (χ1) is 8.88. The topological polar surface area (TPSA) is 21.3 Å². The Bertz CT molecular complexity index is 421. The highest BCUT2D eigenvalue weighted by Crippen LogP contribution is 2.35. The molecule has 0 spiro atoms. The first-order valence-corrected chi connectivity index (χ1v) is 7.27. The second-order valence-corrected chi connectivity index (χ2v) is 5.65. The van der Waals surface area contributed by atoms with Crippen LogP contribution in [0.2, 0.25) is 0 Å². The summed E-state index contributed by atoms with van der Waals surface area (Å²) < 4.78 is 5.71. The Balaban J connectivity index is 1.82. The molecule has 0 radical (unpaired) electrons. The van der Waals surface area contributed by atoms with Crippen LogP contribution in [0.15, 0.2) is 12.1 Å². The molecule has 1 aromatic rings. The summed E-state index contributed by atoms with van der Waals surface area (Å²) in [6.45, 7) is 2.36. The predicted octanol–water partition coefficient (Wildman–Crippen LogP) is 2.73. The molecule has 1 aliphatic carbocycles. The minimum absolute atomic E-state index is 0.833. The second kappa shape index (κ2) is 5.31. The summed E-state index contributed by atoms with van der Waals surface area (Å²) in [5, 5.41) is 3.44. The number of methoxy groups -OCH3 is 1. The Morgan fingerprint density at radius 3 is 2.83 bits per heavy atom. The Morgan fingerprint density at radius 1 is 1.22 bits per heavy atom. The fourth-order valence-electron chi connectivity index (χ4n) is 3.49. The highest BCUT2D eigenvalue weighted by Gasteiger charge is 2.21. The monoisotopic (exact) mass is 245 g/mol. The van der Waals surface area contributed by atoms with Crippen LogP contribution in [0.5, 0.6) is 5.75 Å². The molecule has 18 heavy (non-hydrogen) atoms. The van der Waals surface area contributed by atoms with Crippen LogP contribution in [0.1, 0.15) is 36.0 Å². The van der Waals surface area contributed by atoms with Crippen molar-refractivity contribution in [2.24, 2.45) is 5.92 Å². The van der Waals surface area contributed by atoms with Crippen molar-refractivity contribution in [3.63, 3.8) is 0 Å². The van der Waals surface area contributed by atoms with Gasteiger partial charge in [0, 0.05) is 0 Å². The molecule has 1 N–H and O–H groups in total. The number of benzene rings is 1. The Kier molecular flexibility index (Phi) is 3.55. The summed E-state index contributed by atoms with van der Waals surface area (Å²) in [5.74, 6) is 2.03. The van der Waals surface area contributed by atoms with Gasteiger partial charge in [-0.1, -0.05) is 12.1 Å². The summed E-state index contributed by atoms with van der Waals surface area (Å²) >= 11 is 0. The standard InChI is InChI=1S/C16H23NO/c1-18-16-14(11-12-7-9-17-10-8-12)6-5-13-3-2-4-15(13)16/h5-6,12,17H,2-4,7-11H2,1H3. The lowest BCUT2D eigenvalue weighted by Crippen LogP contribution is -2.28. The zero-order chi connectivity index (χ0) is 12.4. The van der Waals surface area contributed by atoms with Crippen LogP contribution in [0.25, 0.3) is 0 Å². The van der Waals surface area contributed by atoms with Crippen LogP contribution in [0.4, 0.5) is 0 Å². The summed E-state index contributed by atoms with van der Waals surface area (Å²) in [7, 11) is 1.83. The van der Waals surface area contributed by atoms with Gasteiger partial charge in [-0.15, -0.1) is 0 Å². The van der Waals surface area contributed by atoms with Gasteiger partial charge in [-0.3, -0.25) is 0 Å². The number of aryl methyl sites for hydroxylation is 1. The Morgan fingerprint density at radius 2 is 2.06 bits per heavy atom. The molecule has 1 heterocycles. The molecule has 98 valence electrons. The molecule has 1 fully saturated rings. The van der Waals surface area contributed by atoms with Gasteiger partial charge in [0.25, 0.3) is 0 Å². The molecule has 2 aliphatic rings. The van der Waals surface area contributed by atoms with Crippen molar-refractivity contribution < 1.29 is 4.74 Å².